The Labute approximate surface area is 209 Å². The van der Waals surface area contributed by atoms with Gasteiger partial charge in [-0.05, 0) is 50.1 Å². The minimum absolute atomic E-state index is 0.0418. The maximum atomic E-state index is 12.7. The first kappa shape index (κ1) is 24.7. The number of nitrogens with zero attached hydrogens (tertiary/aromatic N) is 3. The zero-order chi connectivity index (χ0) is 24.8. The van der Waals surface area contributed by atoms with Crippen molar-refractivity contribution < 1.29 is 19.1 Å². The normalized spacial score (nSPS) is 12.9. The average Bonchev–Trinajstić information content (AvgIpc) is 3.21. The smallest absolute Gasteiger partial charge is 0.237 e. The van der Waals surface area contributed by atoms with E-state index in [1.54, 1.807) is 12.0 Å². The Morgan fingerprint density at radius 3 is 2.71 bits per heavy atom. The minimum Gasteiger partial charge on any atom is -0.493 e. The lowest BCUT2D eigenvalue weighted by Crippen LogP contribution is -2.37. The molecule has 2 amide bonds. The van der Waals surface area contributed by atoms with Crippen LogP contribution >= 0.6 is 11.8 Å². The van der Waals surface area contributed by atoms with E-state index in [4.69, 9.17) is 9.47 Å². The van der Waals surface area contributed by atoms with Crippen LogP contribution in [0.25, 0.3) is 5.69 Å². The Morgan fingerprint density at radius 1 is 1.17 bits per heavy atom. The van der Waals surface area contributed by atoms with Gasteiger partial charge < -0.3 is 19.7 Å². The van der Waals surface area contributed by atoms with Crippen molar-refractivity contribution in [3.8, 4) is 17.2 Å². The molecule has 0 saturated carbocycles. The Kier molecular flexibility index (Phi) is 7.97. The van der Waals surface area contributed by atoms with Crippen LogP contribution in [0.4, 0.5) is 5.69 Å². The summed E-state index contributed by atoms with van der Waals surface area (Å²) in [5, 5.41) is 8.60. The van der Waals surface area contributed by atoms with Gasteiger partial charge in [-0.3, -0.25) is 9.59 Å². The molecule has 0 bridgehead atoms. The maximum Gasteiger partial charge on any atom is 0.237 e. The lowest BCUT2D eigenvalue weighted by Gasteiger charge is -2.27. The first-order valence-corrected chi connectivity index (χ1v) is 12.6. The molecule has 8 nitrogen and oxygen atoms in total. The van der Waals surface area contributed by atoms with Gasteiger partial charge in [-0.2, -0.15) is 5.10 Å². The van der Waals surface area contributed by atoms with Crippen LogP contribution in [0.2, 0.25) is 0 Å². The average molecular weight is 495 g/mol. The molecular formula is C26H30N4O4S. The van der Waals surface area contributed by atoms with E-state index in [0.717, 1.165) is 27.7 Å². The number of carbonyl (C=O) groups is 2. The molecule has 0 fully saturated rings. The van der Waals surface area contributed by atoms with Crippen LogP contribution in [0.5, 0.6) is 11.5 Å². The fourth-order valence-electron chi connectivity index (χ4n) is 4.03. The van der Waals surface area contributed by atoms with Crippen LogP contribution < -0.4 is 19.7 Å². The second kappa shape index (κ2) is 11.3. The fraction of sp³-hybridized carbons (Fsp3) is 0.346. The lowest BCUT2D eigenvalue weighted by molar-refractivity contribution is -0.121. The zero-order valence-electron chi connectivity index (χ0n) is 20.2. The third-order valence-corrected chi connectivity index (χ3v) is 6.73. The number of carbonyl (C=O) groups excluding carboxylic acids is 2. The van der Waals surface area contributed by atoms with E-state index in [2.05, 4.69) is 10.4 Å². The molecule has 1 aromatic heterocycles. The molecule has 0 aliphatic carbocycles. The van der Waals surface area contributed by atoms with Crippen molar-refractivity contribution in [2.45, 2.75) is 38.3 Å². The summed E-state index contributed by atoms with van der Waals surface area (Å²) in [6.07, 6.45) is 0.885. The van der Waals surface area contributed by atoms with Crippen molar-refractivity contribution in [3.05, 3.63) is 59.8 Å². The number of nitrogens with one attached hydrogen (secondary N) is 1. The number of methoxy groups -OCH3 is 1. The summed E-state index contributed by atoms with van der Waals surface area (Å²) in [6, 6.07) is 15.5. The molecule has 1 aliphatic heterocycles. The highest BCUT2D eigenvalue weighted by molar-refractivity contribution is 8.00. The van der Waals surface area contributed by atoms with Crippen LogP contribution in [-0.2, 0) is 16.1 Å². The van der Waals surface area contributed by atoms with Gasteiger partial charge in [0, 0.05) is 19.5 Å². The maximum absolute atomic E-state index is 12.7. The standard InChI is InChI=1S/C26H30N4O4S/c1-4-34-21-13-12-19(15-22(21)33-3)16-27-23(31)11-8-14-29-24(32)17-35-26-25(29)18(2)28-30(26)20-9-6-5-7-10-20/h5-7,9-10,12-13,15H,4,8,11,14,16-17H2,1-3H3,(H,27,31). The fourth-order valence-corrected chi connectivity index (χ4v) is 5.11. The highest BCUT2D eigenvalue weighted by Gasteiger charge is 2.31. The van der Waals surface area contributed by atoms with Crippen LogP contribution in [0.1, 0.15) is 31.0 Å². The van der Waals surface area contributed by atoms with Gasteiger partial charge in [-0.1, -0.05) is 36.0 Å². The largest absolute Gasteiger partial charge is 0.493 e. The highest BCUT2D eigenvalue weighted by Crippen LogP contribution is 2.39. The zero-order valence-corrected chi connectivity index (χ0v) is 21.1. The van der Waals surface area contributed by atoms with E-state index in [0.29, 0.717) is 49.8 Å². The molecule has 0 spiro atoms. The molecule has 0 unspecified atom stereocenters. The van der Waals surface area contributed by atoms with Gasteiger partial charge in [0.25, 0.3) is 0 Å². The summed E-state index contributed by atoms with van der Waals surface area (Å²) in [5.41, 5.74) is 3.54. The summed E-state index contributed by atoms with van der Waals surface area (Å²) in [6.45, 7) is 5.26. The van der Waals surface area contributed by atoms with E-state index in [-0.39, 0.29) is 11.8 Å². The van der Waals surface area contributed by atoms with Crippen molar-refractivity contribution in [1.29, 1.82) is 0 Å². The Bertz CT molecular complexity index is 1200. The van der Waals surface area contributed by atoms with Crippen LogP contribution in [0.3, 0.4) is 0 Å². The van der Waals surface area contributed by atoms with Gasteiger partial charge in [0.15, 0.2) is 11.5 Å². The number of hydrogen-bond donors (Lipinski definition) is 1. The molecule has 0 radical (unpaired) electrons. The summed E-state index contributed by atoms with van der Waals surface area (Å²) in [4.78, 5) is 27.0. The molecule has 2 aromatic carbocycles. The quantitative estimate of drug-likeness (QED) is 0.456. The summed E-state index contributed by atoms with van der Waals surface area (Å²) >= 11 is 1.51. The van der Waals surface area contributed by atoms with Gasteiger partial charge in [-0.25, -0.2) is 4.68 Å². The molecule has 35 heavy (non-hydrogen) atoms. The summed E-state index contributed by atoms with van der Waals surface area (Å²) < 4.78 is 12.8. The highest BCUT2D eigenvalue weighted by atomic mass is 32.2. The number of hydrogen-bond acceptors (Lipinski definition) is 6. The molecule has 1 N–H and O–H groups in total. The molecule has 0 atom stereocenters. The van der Waals surface area contributed by atoms with Crippen molar-refractivity contribution in [2.75, 3.05) is 30.9 Å². The van der Waals surface area contributed by atoms with Crippen LogP contribution in [0.15, 0.2) is 53.6 Å². The van der Waals surface area contributed by atoms with E-state index in [1.165, 1.54) is 11.8 Å². The number of anilines is 1. The number of para-hydroxylation sites is 1. The predicted molar refractivity (Wildman–Crippen MR) is 137 cm³/mol. The number of ether oxygens (including phenoxy) is 2. The molecule has 9 heteroatoms. The van der Waals surface area contributed by atoms with Crippen LogP contribution in [-0.4, -0.2) is 47.6 Å². The Morgan fingerprint density at radius 2 is 1.97 bits per heavy atom. The first-order chi connectivity index (χ1) is 17.0. The number of rotatable bonds is 10. The van der Waals surface area contributed by atoms with Crippen molar-refractivity contribution in [2.24, 2.45) is 0 Å². The van der Waals surface area contributed by atoms with Crippen molar-refractivity contribution in [3.63, 3.8) is 0 Å². The topological polar surface area (TPSA) is 85.7 Å². The number of fused-ring (bicyclic) bond motifs is 1. The van der Waals surface area contributed by atoms with E-state index >= 15 is 0 Å². The van der Waals surface area contributed by atoms with Gasteiger partial charge in [0.1, 0.15) is 5.03 Å². The number of benzene rings is 2. The third kappa shape index (κ3) is 5.62. The Balaban J connectivity index is 1.35. The molecule has 2 heterocycles. The number of aromatic nitrogens is 2. The van der Waals surface area contributed by atoms with Crippen molar-refractivity contribution in [1.82, 2.24) is 15.1 Å². The summed E-state index contributed by atoms with van der Waals surface area (Å²) in [5.74, 6) is 1.66. The molecule has 4 rings (SSSR count). The SMILES string of the molecule is CCOc1ccc(CNC(=O)CCCN2C(=O)CSc3c2c(C)nn3-c2ccccc2)cc1OC. The molecule has 1 aliphatic rings. The van der Waals surface area contributed by atoms with E-state index in [1.807, 2.05) is 67.1 Å². The van der Waals surface area contributed by atoms with Gasteiger partial charge >= 0.3 is 0 Å². The van der Waals surface area contributed by atoms with Crippen LogP contribution in [0, 0.1) is 6.92 Å². The number of amides is 2. The Hall–Kier alpha value is -3.46. The summed E-state index contributed by atoms with van der Waals surface area (Å²) in [7, 11) is 1.59. The molecule has 184 valence electrons. The molecule has 0 saturated heterocycles. The second-order valence-electron chi connectivity index (χ2n) is 8.12. The number of thioether (sulfide) groups is 1. The second-order valence-corrected chi connectivity index (χ2v) is 9.08. The minimum atomic E-state index is -0.0615. The van der Waals surface area contributed by atoms with Gasteiger partial charge in [0.2, 0.25) is 11.8 Å². The van der Waals surface area contributed by atoms with Gasteiger partial charge in [0.05, 0.1) is 36.5 Å². The molecular weight excluding hydrogens is 464 g/mol. The third-order valence-electron chi connectivity index (χ3n) is 5.69. The van der Waals surface area contributed by atoms with E-state index < -0.39 is 0 Å². The predicted octanol–water partition coefficient (Wildman–Crippen LogP) is 4.12. The first-order valence-electron chi connectivity index (χ1n) is 11.7. The van der Waals surface area contributed by atoms with E-state index in [9.17, 15) is 9.59 Å². The lowest BCUT2D eigenvalue weighted by atomic mass is 10.2. The van der Waals surface area contributed by atoms with Crippen molar-refractivity contribution >= 4 is 29.3 Å². The molecule has 3 aromatic rings. The monoisotopic (exact) mass is 494 g/mol. The number of aryl methyl sites for hydroxylation is 1. The van der Waals surface area contributed by atoms with Gasteiger partial charge in [-0.15, -0.1) is 0 Å².